The van der Waals surface area contributed by atoms with Gasteiger partial charge in [0.15, 0.2) is 0 Å². The Morgan fingerprint density at radius 2 is 1.74 bits per heavy atom. The molecule has 0 aromatic heterocycles. The molecule has 0 aromatic carbocycles. The van der Waals surface area contributed by atoms with Crippen molar-refractivity contribution in [1.82, 2.24) is 0 Å². The summed E-state index contributed by atoms with van der Waals surface area (Å²) in [6.07, 6.45) is 6.67. The Balaban J connectivity index is 3.12. The molecule has 0 heterocycles. The van der Waals surface area contributed by atoms with Gasteiger partial charge in [-0.2, -0.15) is 0 Å². The number of aliphatic hydroxyl groups is 3. The zero-order valence-electron chi connectivity index (χ0n) is 14.9. The average molecular weight is 320 g/mol. The van der Waals surface area contributed by atoms with Crippen LogP contribution in [0.3, 0.4) is 0 Å². The van der Waals surface area contributed by atoms with Crippen molar-refractivity contribution in [2.45, 2.75) is 71.7 Å². The molecule has 3 N–H and O–H groups in total. The minimum atomic E-state index is -0.849. The molecule has 0 saturated carbocycles. The van der Waals surface area contributed by atoms with Crippen LogP contribution in [0.25, 0.3) is 0 Å². The normalized spacial score (nSPS) is 38.3. The van der Waals surface area contributed by atoms with Gasteiger partial charge in [0.05, 0.1) is 18.3 Å². The molecular weight excluding hydrogens is 288 g/mol. The summed E-state index contributed by atoms with van der Waals surface area (Å²) in [4.78, 5) is 0. The second kappa shape index (κ2) is 9.21. The number of hydrogen-bond acceptors (Lipinski definition) is 3. The van der Waals surface area contributed by atoms with Crippen LogP contribution in [0.4, 0.5) is 0 Å². The Hall–Kier alpha value is -1.16. The summed E-state index contributed by atoms with van der Waals surface area (Å²) in [5.74, 6) is -0.430. The Bertz CT molecular complexity index is 499. The molecular formula is C20H32O3. The van der Waals surface area contributed by atoms with Crippen LogP contribution < -0.4 is 0 Å². The Morgan fingerprint density at radius 1 is 1.09 bits per heavy atom. The lowest BCUT2D eigenvalue weighted by atomic mass is 9.85. The largest absolute Gasteiger partial charge is 0.392 e. The van der Waals surface area contributed by atoms with E-state index in [4.69, 9.17) is 0 Å². The van der Waals surface area contributed by atoms with E-state index in [1.807, 2.05) is 20.8 Å². The lowest BCUT2D eigenvalue weighted by Crippen LogP contribution is -2.32. The summed E-state index contributed by atoms with van der Waals surface area (Å²) >= 11 is 0. The third kappa shape index (κ3) is 6.46. The molecule has 0 amide bonds. The second-order valence-electron chi connectivity index (χ2n) is 6.94. The van der Waals surface area contributed by atoms with Gasteiger partial charge in [-0.3, -0.25) is 0 Å². The molecule has 3 heteroatoms. The van der Waals surface area contributed by atoms with Crippen molar-refractivity contribution in [3.8, 4) is 0 Å². The van der Waals surface area contributed by atoms with Crippen molar-refractivity contribution in [2.24, 2.45) is 5.92 Å². The first-order valence-corrected chi connectivity index (χ1v) is 8.41. The van der Waals surface area contributed by atoms with E-state index in [0.29, 0.717) is 12.8 Å². The van der Waals surface area contributed by atoms with E-state index in [9.17, 15) is 15.3 Å². The van der Waals surface area contributed by atoms with Crippen molar-refractivity contribution < 1.29 is 15.3 Å². The maximum absolute atomic E-state index is 10.5. The van der Waals surface area contributed by atoms with E-state index >= 15 is 0 Å². The molecule has 0 bridgehead atoms. The van der Waals surface area contributed by atoms with Crippen molar-refractivity contribution in [1.29, 1.82) is 0 Å². The van der Waals surface area contributed by atoms with E-state index in [2.05, 4.69) is 25.7 Å². The van der Waals surface area contributed by atoms with Gasteiger partial charge in [-0.25, -0.2) is 0 Å². The lowest BCUT2D eigenvalue weighted by Gasteiger charge is -2.28. The van der Waals surface area contributed by atoms with E-state index in [1.165, 1.54) is 5.57 Å². The predicted octanol–water partition coefficient (Wildman–Crippen LogP) is 3.67. The molecule has 130 valence electrons. The topological polar surface area (TPSA) is 60.7 Å². The summed E-state index contributed by atoms with van der Waals surface area (Å²) in [7, 11) is 0. The van der Waals surface area contributed by atoms with Crippen LogP contribution in [-0.4, -0.2) is 33.6 Å². The molecule has 0 fully saturated rings. The fourth-order valence-electron chi connectivity index (χ4n) is 3.02. The minimum Gasteiger partial charge on any atom is -0.392 e. The molecule has 23 heavy (non-hydrogen) atoms. The van der Waals surface area contributed by atoms with Gasteiger partial charge in [0, 0.05) is 5.92 Å². The van der Waals surface area contributed by atoms with Gasteiger partial charge in [0.2, 0.25) is 0 Å². The first kappa shape index (κ1) is 19.9. The highest BCUT2D eigenvalue weighted by Crippen LogP contribution is 2.26. The maximum Gasteiger partial charge on any atom is 0.0814 e. The highest BCUT2D eigenvalue weighted by atomic mass is 16.3. The van der Waals surface area contributed by atoms with Crippen LogP contribution in [0.1, 0.15) is 53.4 Å². The van der Waals surface area contributed by atoms with Crippen LogP contribution in [0.5, 0.6) is 0 Å². The van der Waals surface area contributed by atoms with Crippen LogP contribution in [0.15, 0.2) is 47.1 Å². The fraction of sp³-hybridized carbons (Fsp3) is 0.600. The van der Waals surface area contributed by atoms with Crippen LogP contribution in [0.2, 0.25) is 0 Å². The van der Waals surface area contributed by atoms with Crippen molar-refractivity contribution >= 4 is 0 Å². The maximum atomic E-state index is 10.5. The average Bonchev–Trinajstić information content (AvgIpc) is 2.43. The molecule has 1 aliphatic rings. The van der Waals surface area contributed by atoms with E-state index in [0.717, 1.165) is 29.6 Å². The van der Waals surface area contributed by atoms with E-state index in [-0.39, 0.29) is 0 Å². The first-order chi connectivity index (χ1) is 10.7. The quantitative estimate of drug-likeness (QED) is 0.646. The van der Waals surface area contributed by atoms with Gasteiger partial charge in [0.25, 0.3) is 0 Å². The molecule has 0 aliphatic heterocycles. The second-order valence-corrected chi connectivity index (χ2v) is 6.94. The molecule has 0 saturated heterocycles. The zero-order valence-corrected chi connectivity index (χ0v) is 14.9. The van der Waals surface area contributed by atoms with Crippen LogP contribution >= 0.6 is 0 Å². The summed E-state index contributed by atoms with van der Waals surface area (Å²) in [5.41, 5.74) is 3.85. The van der Waals surface area contributed by atoms with Gasteiger partial charge in [0.1, 0.15) is 0 Å². The summed E-state index contributed by atoms with van der Waals surface area (Å²) in [6, 6.07) is 0. The van der Waals surface area contributed by atoms with Gasteiger partial charge >= 0.3 is 0 Å². The molecule has 1 rings (SSSR count). The molecule has 3 nitrogen and oxygen atoms in total. The van der Waals surface area contributed by atoms with Gasteiger partial charge in [-0.1, -0.05) is 41.5 Å². The standard InChI is InChI=1S/C20H32O3/c1-13(2)20-18(22)11-15(4)8-6-7-14(3)9-10-17(21)16(5)12-19(20)23/h8-9,12,17-23H,1,6-7,10-11H2,2-5H3/b14-9+,15-8+,16-12+/t17-,18-,19-,20-/m1/s1. The number of rotatable bonds is 1. The predicted molar refractivity (Wildman–Crippen MR) is 96.1 cm³/mol. The Kier molecular flexibility index (Phi) is 7.97. The molecule has 1 aliphatic carbocycles. The van der Waals surface area contributed by atoms with Crippen LogP contribution in [-0.2, 0) is 0 Å². The summed E-state index contributed by atoms with van der Waals surface area (Å²) < 4.78 is 0. The van der Waals surface area contributed by atoms with E-state index in [1.54, 1.807) is 6.08 Å². The number of hydrogen-bond donors (Lipinski definition) is 3. The number of aliphatic hydroxyl groups excluding tert-OH is 3. The van der Waals surface area contributed by atoms with E-state index < -0.39 is 24.2 Å². The third-order valence-corrected chi connectivity index (χ3v) is 4.56. The molecule has 0 radical (unpaired) electrons. The fourth-order valence-corrected chi connectivity index (χ4v) is 3.02. The zero-order chi connectivity index (χ0) is 17.6. The monoisotopic (exact) mass is 320 g/mol. The summed E-state index contributed by atoms with van der Waals surface area (Å²) in [5, 5.41) is 31.3. The van der Waals surface area contributed by atoms with Gasteiger partial charge in [-0.15, -0.1) is 0 Å². The van der Waals surface area contributed by atoms with Gasteiger partial charge in [-0.05, 0) is 59.0 Å². The lowest BCUT2D eigenvalue weighted by molar-refractivity contribution is 0.0537. The Morgan fingerprint density at radius 3 is 2.35 bits per heavy atom. The van der Waals surface area contributed by atoms with Gasteiger partial charge < -0.3 is 15.3 Å². The first-order valence-electron chi connectivity index (χ1n) is 8.41. The smallest absolute Gasteiger partial charge is 0.0814 e. The summed E-state index contributed by atoms with van der Waals surface area (Å²) in [6.45, 7) is 11.6. The van der Waals surface area contributed by atoms with Crippen molar-refractivity contribution in [3.63, 3.8) is 0 Å². The SMILES string of the molecule is C=C(C)[C@H]1[C@H](O)/C=C(\C)[C@H](O)C/C=C(\C)CC/C=C(\C)C[C@H]1O. The molecule has 4 atom stereocenters. The minimum absolute atomic E-state index is 0.430. The van der Waals surface area contributed by atoms with Crippen molar-refractivity contribution in [2.75, 3.05) is 0 Å². The van der Waals surface area contributed by atoms with Crippen LogP contribution in [0, 0.1) is 5.92 Å². The molecule has 0 spiro atoms. The van der Waals surface area contributed by atoms with Crippen molar-refractivity contribution in [3.05, 3.63) is 47.1 Å². The Labute approximate surface area is 140 Å². The number of allylic oxidation sites excluding steroid dienone is 2. The molecule has 0 unspecified atom stereocenters. The third-order valence-electron chi connectivity index (χ3n) is 4.56. The highest BCUT2D eigenvalue weighted by molar-refractivity contribution is 5.17. The molecule has 0 aromatic rings. The highest BCUT2D eigenvalue weighted by Gasteiger charge is 2.27.